The molecule has 0 amide bonds. The molecular formula is C13H26O3. The lowest BCUT2D eigenvalue weighted by Gasteiger charge is -2.09. The Morgan fingerprint density at radius 1 is 1.00 bits per heavy atom. The van der Waals surface area contributed by atoms with Gasteiger partial charge in [-0.25, -0.2) is 0 Å². The van der Waals surface area contributed by atoms with Crippen LogP contribution in [0.3, 0.4) is 0 Å². The number of rotatable bonds is 6. The summed E-state index contributed by atoms with van der Waals surface area (Å²) < 4.78 is 9.11. The molecule has 0 atom stereocenters. The molecule has 96 valence electrons. The first-order valence-electron chi connectivity index (χ1n) is 6.54. The number of hydrogen-bond acceptors (Lipinski definition) is 3. The summed E-state index contributed by atoms with van der Waals surface area (Å²) in [7, 11) is 0. The fraction of sp³-hybridized carbons (Fsp3) is 0.923. The van der Waals surface area contributed by atoms with Crippen molar-refractivity contribution in [1.82, 2.24) is 0 Å². The summed E-state index contributed by atoms with van der Waals surface area (Å²) in [5.41, 5.74) is 0. The van der Waals surface area contributed by atoms with E-state index in [1.165, 1.54) is 44.9 Å². The van der Waals surface area contributed by atoms with E-state index >= 15 is 0 Å². The Bertz CT molecular complexity index is 143. The number of hydrogen-bond donors (Lipinski definition) is 0. The molecule has 0 spiro atoms. The van der Waals surface area contributed by atoms with Gasteiger partial charge in [0.05, 0.1) is 13.0 Å². The standard InChI is InChI=1S/C9H20.C4H6O3/c1-3-5-7-9-8-6-4-2;5-4-1-2-6-3-7-4/h3-9H2,1-2H3;1-3H2. The van der Waals surface area contributed by atoms with Crippen LogP contribution in [-0.2, 0) is 14.3 Å². The largest absolute Gasteiger partial charge is 0.438 e. The van der Waals surface area contributed by atoms with Crippen LogP contribution in [0.5, 0.6) is 0 Å². The number of cyclic esters (lactones) is 1. The van der Waals surface area contributed by atoms with Crippen molar-refractivity contribution < 1.29 is 14.3 Å². The van der Waals surface area contributed by atoms with Crippen molar-refractivity contribution in [2.24, 2.45) is 0 Å². The molecule has 3 nitrogen and oxygen atoms in total. The predicted molar refractivity (Wildman–Crippen MR) is 65.2 cm³/mol. The summed E-state index contributed by atoms with van der Waals surface area (Å²) in [6, 6.07) is 0. The minimum Gasteiger partial charge on any atom is -0.438 e. The first kappa shape index (κ1) is 15.4. The Morgan fingerprint density at radius 2 is 1.56 bits per heavy atom. The smallest absolute Gasteiger partial charge is 0.310 e. The molecule has 1 saturated heterocycles. The highest BCUT2D eigenvalue weighted by Crippen LogP contribution is 2.05. The summed E-state index contributed by atoms with van der Waals surface area (Å²) in [6.45, 7) is 5.18. The molecule has 1 aliphatic heterocycles. The number of unbranched alkanes of at least 4 members (excludes halogenated alkanes) is 6. The molecule has 0 aliphatic carbocycles. The van der Waals surface area contributed by atoms with Gasteiger partial charge in [-0.05, 0) is 0 Å². The molecule has 0 aromatic rings. The number of esters is 1. The summed E-state index contributed by atoms with van der Waals surface area (Å²) in [5, 5.41) is 0. The van der Waals surface area contributed by atoms with Gasteiger partial charge in [-0.2, -0.15) is 0 Å². The molecule has 0 bridgehead atoms. The van der Waals surface area contributed by atoms with Crippen LogP contribution >= 0.6 is 0 Å². The summed E-state index contributed by atoms with van der Waals surface area (Å²) in [5.74, 6) is -0.161. The second-order valence-electron chi connectivity index (χ2n) is 4.06. The second-order valence-corrected chi connectivity index (χ2v) is 4.06. The van der Waals surface area contributed by atoms with E-state index in [2.05, 4.69) is 18.6 Å². The first-order chi connectivity index (χ1) is 7.81. The molecule has 3 heteroatoms. The fourth-order valence-electron chi connectivity index (χ4n) is 1.42. The van der Waals surface area contributed by atoms with Gasteiger partial charge in [0, 0.05) is 0 Å². The zero-order valence-corrected chi connectivity index (χ0v) is 10.8. The Balaban J connectivity index is 0.000000288. The number of ether oxygens (including phenoxy) is 2. The van der Waals surface area contributed by atoms with E-state index in [1.54, 1.807) is 0 Å². The molecule has 0 radical (unpaired) electrons. The lowest BCUT2D eigenvalue weighted by atomic mass is 10.1. The van der Waals surface area contributed by atoms with Crippen LogP contribution in [0.25, 0.3) is 0 Å². The van der Waals surface area contributed by atoms with Gasteiger partial charge < -0.3 is 9.47 Å². The van der Waals surface area contributed by atoms with Gasteiger partial charge >= 0.3 is 5.97 Å². The van der Waals surface area contributed by atoms with E-state index < -0.39 is 0 Å². The van der Waals surface area contributed by atoms with Crippen LogP contribution in [0, 0.1) is 0 Å². The van der Waals surface area contributed by atoms with Gasteiger partial charge in [-0.3, -0.25) is 4.79 Å². The SMILES string of the molecule is CCCCCCCCC.O=C1CCOCO1. The van der Waals surface area contributed by atoms with Crippen molar-refractivity contribution >= 4 is 5.97 Å². The lowest BCUT2D eigenvalue weighted by Crippen LogP contribution is -2.17. The number of carbonyl (C=O) groups is 1. The van der Waals surface area contributed by atoms with Crippen LogP contribution in [0.4, 0.5) is 0 Å². The molecule has 1 aliphatic rings. The van der Waals surface area contributed by atoms with Gasteiger partial charge in [0.15, 0.2) is 6.79 Å². The molecule has 0 aromatic heterocycles. The van der Waals surface area contributed by atoms with E-state index in [9.17, 15) is 4.79 Å². The predicted octanol–water partition coefficient (Wildman–Crippen LogP) is 3.66. The molecule has 1 fully saturated rings. The average molecular weight is 230 g/mol. The van der Waals surface area contributed by atoms with Crippen LogP contribution < -0.4 is 0 Å². The van der Waals surface area contributed by atoms with Gasteiger partial charge in [0.1, 0.15) is 0 Å². The third-order valence-electron chi connectivity index (χ3n) is 2.46. The summed E-state index contributed by atoms with van der Waals surface area (Å²) in [6.07, 6.45) is 10.4. The highest BCUT2D eigenvalue weighted by Gasteiger charge is 2.06. The molecule has 1 rings (SSSR count). The lowest BCUT2D eigenvalue weighted by molar-refractivity contribution is -0.168. The highest BCUT2D eigenvalue weighted by molar-refractivity contribution is 5.69. The molecule has 0 unspecified atom stereocenters. The first-order valence-corrected chi connectivity index (χ1v) is 6.54. The van der Waals surface area contributed by atoms with Crippen molar-refractivity contribution in [3.63, 3.8) is 0 Å². The monoisotopic (exact) mass is 230 g/mol. The van der Waals surface area contributed by atoms with Crippen molar-refractivity contribution in [2.75, 3.05) is 13.4 Å². The average Bonchev–Trinajstić information content (AvgIpc) is 2.31. The van der Waals surface area contributed by atoms with Crippen LogP contribution in [0.2, 0.25) is 0 Å². The van der Waals surface area contributed by atoms with Crippen LogP contribution in [0.15, 0.2) is 0 Å². The van der Waals surface area contributed by atoms with Gasteiger partial charge in [-0.15, -0.1) is 0 Å². The summed E-state index contributed by atoms with van der Waals surface area (Å²) in [4.78, 5) is 10.2. The maximum atomic E-state index is 10.2. The zero-order chi connectivity index (χ0) is 12.1. The maximum absolute atomic E-state index is 10.2. The molecule has 0 aromatic carbocycles. The van der Waals surface area contributed by atoms with E-state index in [0.29, 0.717) is 13.0 Å². The molecule has 0 saturated carbocycles. The van der Waals surface area contributed by atoms with Gasteiger partial charge in [0.2, 0.25) is 0 Å². The molecule has 0 N–H and O–H groups in total. The van der Waals surface area contributed by atoms with E-state index in [0.717, 1.165) is 0 Å². The Labute approximate surface area is 99.5 Å². The van der Waals surface area contributed by atoms with Crippen molar-refractivity contribution in [3.8, 4) is 0 Å². The van der Waals surface area contributed by atoms with Crippen LogP contribution in [0.1, 0.15) is 65.2 Å². The zero-order valence-electron chi connectivity index (χ0n) is 10.8. The Kier molecular flexibility index (Phi) is 12.1. The molecule has 16 heavy (non-hydrogen) atoms. The molecule has 1 heterocycles. The Morgan fingerprint density at radius 3 is 1.88 bits per heavy atom. The van der Waals surface area contributed by atoms with Gasteiger partial charge in [-0.1, -0.05) is 58.8 Å². The third kappa shape index (κ3) is 11.5. The normalized spacial score (nSPS) is 15.0. The maximum Gasteiger partial charge on any atom is 0.310 e. The highest BCUT2D eigenvalue weighted by atomic mass is 16.7. The van der Waals surface area contributed by atoms with E-state index in [1.807, 2.05) is 0 Å². The van der Waals surface area contributed by atoms with Crippen molar-refractivity contribution in [2.45, 2.75) is 65.2 Å². The van der Waals surface area contributed by atoms with Gasteiger partial charge in [0.25, 0.3) is 0 Å². The Hall–Kier alpha value is -0.570. The fourth-order valence-corrected chi connectivity index (χ4v) is 1.42. The second kappa shape index (κ2) is 12.5. The van der Waals surface area contributed by atoms with E-state index in [-0.39, 0.29) is 12.8 Å². The minimum absolute atomic E-state index is 0.138. The number of carbonyl (C=O) groups excluding carboxylic acids is 1. The summed E-state index contributed by atoms with van der Waals surface area (Å²) >= 11 is 0. The minimum atomic E-state index is -0.161. The van der Waals surface area contributed by atoms with Crippen LogP contribution in [-0.4, -0.2) is 19.4 Å². The third-order valence-corrected chi connectivity index (χ3v) is 2.46. The molecular weight excluding hydrogens is 204 g/mol. The van der Waals surface area contributed by atoms with Crippen molar-refractivity contribution in [1.29, 1.82) is 0 Å². The van der Waals surface area contributed by atoms with E-state index in [4.69, 9.17) is 4.74 Å². The quantitative estimate of drug-likeness (QED) is 0.516. The topological polar surface area (TPSA) is 35.5 Å². The van der Waals surface area contributed by atoms with Crippen molar-refractivity contribution in [3.05, 3.63) is 0 Å².